The molecule has 1 nitrogen and oxygen atoms in total. The summed E-state index contributed by atoms with van der Waals surface area (Å²) in [5.41, 5.74) is 0. The lowest BCUT2D eigenvalue weighted by Gasteiger charge is -2.19. The first-order chi connectivity index (χ1) is 8.93. The summed E-state index contributed by atoms with van der Waals surface area (Å²) >= 11 is 0. The van der Waals surface area contributed by atoms with Crippen LogP contribution in [-0.4, -0.2) is 12.6 Å². The van der Waals surface area contributed by atoms with Crippen LogP contribution in [0.2, 0.25) is 0 Å². The highest BCUT2D eigenvalue weighted by Crippen LogP contribution is 2.16. The molecule has 1 rings (SSSR count). The summed E-state index contributed by atoms with van der Waals surface area (Å²) in [6, 6.07) is 0.753. The van der Waals surface area contributed by atoms with Crippen LogP contribution in [0.5, 0.6) is 0 Å². The third kappa shape index (κ3) is 8.59. The summed E-state index contributed by atoms with van der Waals surface area (Å²) in [7, 11) is 0. The molecule has 0 amide bonds. The molecule has 0 aromatic rings. The fraction of sp³-hybridized carbons (Fsp3) is 0.882. The molecule has 0 heterocycles. The van der Waals surface area contributed by atoms with E-state index in [1.807, 2.05) is 6.92 Å². The van der Waals surface area contributed by atoms with Gasteiger partial charge in [0.2, 0.25) is 0 Å². The van der Waals surface area contributed by atoms with E-state index >= 15 is 0 Å². The Morgan fingerprint density at radius 1 is 0.833 bits per heavy atom. The highest BCUT2D eigenvalue weighted by atomic mass is 14.9. The van der Waals surface area contributed by atoms with Gasteiger partial charge in [-0.15, -0.1) is 11.8 Å². The third-order valence-corrected chi connectivity index (χ3v) is 3.96. The Morgan fingerprint density at radius 2 is 1.33 bits per heavy atom. The SMILES string of the molecule is CC#CCCNC1CCCCCCCCCCC1. The first-order valence-corrected chi connectivity index (χ1v) is 8.06. The van der Waals surface area contributed by atoms with Crippen LogP contribution in [-0.2, 0) is 0 Å². The number of nitrogens with one attached hydrogen (secondary N) is 1. The van der Waals surface area contributed by atoms with Crippen molar-refractivity contribution in [2.75, 3.05) is 6.54 Å². The van der Waals surface area contributed by atoms with Crippen LogP contribution in [0.1, 0.15) is 84.0 Å². The molecule has 0 atom stereocenters. The number of hydrogen-bond donors (Lipinski definition) is 1. The fourth-order valence-electron chi connectivity index (χ4n) is 2.83. The highest BCUT2D eigenvalue weighted by molar-refractivity contribution is 4.95. The van der Waals surface area contributed by atoms with Gasteiger partial charge in [-0.05, 0) is 19.8 Å². The molecule has 1 aliphatic carbocycles. The average molecular weight is 249 g/mol. The van der Waals surface area contributed by atoms with Crippen LogP contribution in [0.3, 0.4) is 0 Å². The summed E-state index contributed by atoms with van der Waals surface area (Å²) in [6.45, 7) is 3.00. The lowest BCUT2D eigenvalue weighted by atomic mass is 9.98. The maximum Gasteiger partial charge on any atom is 0.0214 e. The van der Waals surface area contributed by atoms with Crippen LogP contribution < -0.4 is 5.32 Å². The molecule has 1 aliphatic rings. The van der Waals surface area contributed by atoms with Crippen molar-refractivity contribution in [1.29, 1.82) is 0 Å². The van der Waals surface area contributed by atoms with Crippen molar-refractivity contribution in [3.8, 4) is 11.8 Å². The Morgan fingerprint density at radius 3 is 1.83 bits per heavy atom. The van der Waals surface area contributed by atoms with Gasteiger partial charge in [0.05, 0.1) is 0 Å². The predicted molar refractivity (Wildman–Crippen MR) is 80.6 cm³/mol. The zero-order valence-electron chi connectivity index (χ0n) is 12.3. The van der Waals surface area contributed by atoms with E-state index in [0.717, 1.165) is 19.0 Å². The van der Waals surface area contributed by atoms with Gasteiger partial charge in [0, 0.05) is 19.0 Å². The molecule has 18 heavy (non-hydrogen) atoms. The predicted octanol–water partition coefficient (Wildman–Crippen LogP) is 4.66. The van der Waals surface area contributed by atoms with Gasteiger partial charge in [-0.25, -0.2) is 0 Å². The zero-order valence-corrected chi connectivity index (χ0v) is 12.3. The van der Waals surface area contributed by atoms with E-state index in [1.54, 1.807) is 0 Å². The smallest absolute Gasteiger partial charge is 0.0214 e. The monoisotopic (exact) mass is 249 g/mol. The second-order valence-corrected chi connectivity index (χ2v) is 5.59. The summed E-state index contributed by atoms with van der Waals surface area (Å²) in [5, 5.41) is 3.71. The molecule has 0 spiro atoms. The number of rotatable bonds is 3. The van der Waals surface area contributed by atoms with Crippen molar-refractivity contribution in [2.24, 2.45) is 0 Å². The Labute approximate surface area is 114 Å². The maximum atomic E-state index is 3.71. The Kier molecular flexibility index (Phi) is 10.0. The molecule has 1 N–H and O–H groups in total. The average Bonchev–Trinajstić information content (AvgIpc) is 2.37. The van der Waals surface area contributed by atoms with Gasteiger partial charge in [0.15, 0.2) is 0 Å². The van der Waals surface area contributed by atoms with Crippen LogP contribution in [0.4, 0.5) is 0 Å². The van der Waals surface area contributed by atoms with E-state index in [9.17, 15) is 0 Å². The molecule has 0 aliphatic heterocycles. The van der Waals surface area contributed by atoms with Gasteiger partial charge in [-0.1, -0.05) is 57.8 Å². The minimum absolute atomic E-state index is 0.753. The van der Waals surface area contributed by atoms with E-state index in [4.69, 9.17) is 0 Å². The summed E-state index contributed by atoms with van der Waals surface area (Å²) in [6.07, 6.45) is 16.8. The molecule has 1 saturated carbocycles. The number of hydrogen-bond acceptors (Lipinski definition) is 1. The van der Waals surface area contributed by atoms with Crippen molar-refractivity contribution < 1.29 is 0 Å². The van der Waals surface area contributed by atoms with E-state index < -0.39 is 0 Å². The lowest BCUT2D eigenvalue weighted by molar-refractivity contribution is 0.407. The normalized spacial score (nSPS) is 20.3. The van der Waals surface area contributed by atoms with Crippen molar-refractivity contribution in [2.45, 2.75) is 90.0 Å². The summed E-state index contributed by atoms with van der Waals surface area (Å²) in [5.74, 6) is 6.12. The van der Waals surface area contributed by atoms with Crippen LogP contribution >= 0.6 is 0 Å². The highest BCUT2D eigenvalue weighted by Gasteiger charge is 2.08. The molecule has 0 aromatic carbocycles. The molecular formula is C17H31N. The minimum Gasteiger partial charge on any atom is -0.313 e. The van der Waals surface area contributed by atoms with Gasteiger partial charge in [-0.2, -0.15) is 0 Å². The molecule has 0 saturated heterocycles. The molecule has 0 radical (unpaired) electrons. The Hall–Kier alpha value is -0.480. The fourth-order valence-corrected chi connectivity index (χ4v) is 2.83. The van der Waals surface area contributed by atoms with Crippen LogP contribution in [0, 0.1) is 11.8 Å². The van der Waals surface area contributed by atoms with Crippen molar-refractivity contribution in [1.82, 2.24) is 5.32 Å². The second-order valence-electron chi connectivity index (χ2n) is 5.59. The second kappa shape index (κ2) is 11.6. The van der Waals surface area contributed by atoms with Crippen LogP contribution in [0.15, 0.2) is 0 Å². The maximum absolute atomic E-state index is 3.71. The van der Waals surface area contributed by atoms with Gasteiger partial charge in [-0.3, -0.25) is 0 Å². The topological polar surface area (TPSA) is 12.0 Å². The van der Waals surface area contributed by atoms with E-state index in [2.05, 4.69) is 17.2 Å². The van der Waals surface area contributed by atoms with Gasteiger partial charge < -0.3 is 5.32 Å². The molecular weight excluding hydrogens is 218 g/mol. The zero-order chi connectivity index (χ0) is 12.9. The summed E-state index contributed by atoms with van der Waals surface area (Å²) < 4.78 is 0. The molecule has 1 heteroatoms. The van der Waals surface area contributed by atoms with Gasteiger partial charge >= 0.3 is 0 Å². The van der Waals surface area contributed by atoms with E-state index in [0.29, 0.717) is 0 Å². The molecule has 1 fully saturated rings. The van der Waals surface area contributed by atoms with Crippen molar-refractivity contribution >= 4 is 0 Å². The largest absolute Gasteiger partial charge is 0.313 e. The quantitative estimate of drug-likeness (QED) is 0.566. The molecule has 104 valence electrons. The van der Waals surface area contributed by atoms with Gasteiger partial charge in [0.25, 0.3) is 0 Å². The van der Waals surface area contributed by atoms with Gasteiger partial charge in [0.1, 0.15) is 0 Å². The first-order valence-electron chi connectivity index (χ1n) is 8.06. The lowest BCUT2D eigenvalue weighted by Crippen LogP contribution is -2.29. The molecule has 0 unspecified atom stereocenters. The third-order valence-electron chi connectivity index (χ3n) is 3.96. The first kappa shape index (κ1) is 15.6. The van der Waals surface area contributed by atoms with E-state index in [1.165, 1.54) is 70.6 Å². The Balaban J connectivity index is 2.20. The minimum atomic E-state index is 0.753. The van der Waals surface area contributed by atoms with Crippen molar-refractivity contribution in [3.63, 3.8) is 0 Å². The summed E-state index contributed by atoms with van der Waals surface area (Å²) in [4.78, 5) is 0. The molecule has 0 aromatic heterocycles. The van der Waals surface area contributed by atoms with Crippen LogP contribution in [0.25, 0.3) is 0 Å². The molecule has 0 bridgehead atoms. The Bertz CT molecular complexity index is 224. The van der Waals surface area contributed by atoms with Crippen molar-refractivity contribution in [3.05, 3.63) is 0 Å². The standard InChI is InChI=1S/C17H31N/c1-2-3-13-16-18-17-14-11-9-7-5-4-6-8-10-12-15-17/h17-18H,4-16H2,1H3. The van der Waals surface area contributed by atoms with E-state index in [-0.39, 0.29) is 0 Å².